The summed E-state index contributed by atoms with van der Waals surface area (Å²) in [6, 6.07) is 13.2. The largest absolute Gasteiger partial charge is 0.493 e. The summed E-state index contributed by atoms with van der Waals surface area (Å²) in [5, 5.41) is 10.3. The molecule has 4 rings (SSSR count). The number of amides is 1. The predicted octanol–water partition coefficient (Wildman–Crippen LogP) is 4.12. The maximum Gasteiger partial charge on any atom is 0.226 e. The van der Waals surface area contributed by atoms with Crippen LogP contribution in [-0.4, -0.2) is 23.2 Å². The van der Waals surface area contributed by atoms with Crippen LogP contribution < -0.4 is 14.8 Å². The first-order valence-corrected chi connectivity index (χ1v) is 8.90. The van der Waals surface area contributed by atoms with Crippen molar-refractivity contribution in [3.63, 3.8) is 0 Å². The number of benzene rings is 2. The van der Waals surface area contributed by atoms with Crippen molar-refractivity contribution < 1.29 is 14.3 Å². The van der Waals surface area contributed by atoms with Crippen LogP contribution in [0.2, 0.25) is 5.02 Å². The van der Waals surface area contributed by atoms with Crippen molar-refractivity contribution in [3.8, 4) is 11.5 Å². The Bertz CT molecular complexity index is 986. The van der Waals surface area contributed by atoms with Crippen molar-refractivity contribution in [1.29, 1.82) is 0 Å². The highest BCUT2D eigenvalue weighted by Gasteiger charge is 2.28. The number of aromatic nitrogens is 2. The van der Waals surface area contributed by atoms with Crippen molar-refractivity contribution in [2.45, 2.75) is 18.9 Å². The lowest BCUT2D eigenvalue weighted by molar-refractivity contribution is -0.116. The van der Waals surface area contributed by atoms with E-state index < -0.39 is 0 Å². The summed E-state index contributed by atoms with van der Waals surface area (Å²) in [6.45, 7) is 0.364. The van der Waals surface area contributed by atoms with Gasteiger partial charge in [-0.05, 0) is 35.4 Å². The van der Waals surface area contributed by atoms with Crippen LogP contribution in [0.15, 0.2) is 48.7 Å². The lowest BCUT2D eigenvalue weighted by atomic mass is 9.87. The van der Waals surface area contributed by atoms with Crippen LogP contribution >= 0.6 is 11.6 Å². The number of methoxy groups -OCH3 is 1. The Morgan fingerprint density at radius 1 is 1.22 bits per heavy atom. The number of anilines is 1. The van der Waals surface area contributed by atoms with Gasteiger partial charge >= 0.3 is 0 Å². The van der Waals surface area contributed by atoms with Crippen LogP contribution in [0.25, 0.3) is 0 Å². The highest BCUT2D eigenvalue weighted by Crippen LogP contribution is 2.39. The van der Waals surface area contributed by atoms with E-state index in [1.54, 1.807) is 13.3 Å². The number of ether oxygens (including phenoxy) is 2. The SMILES string of the molecule is COc1ccc(C2CC(=O)Nc3[nH]ncc32)cc1OCc1cccc(Cl)c1. The summed E-state index contributed by atoms with van der Waals surface area (Å²) in [6.07, 6.45) is 2.10. The molecular weight excluding hydrogens is 366 g/mol. The van der Waals surface area contributed by atoms with Gasteiger partial charge in [-0.15, -0.1) is 0 Å². The van der Waals surface area contributed by atoms with E-state index in [4.69, 9.17) is 21.1 Å². The Morgan fingerprint density at radius 3 is 2.93 bits per heavy atom. The average molecular weight is 384 g/mol. The molecule has 0 spiro atoms. The second-order valence-corrected chi connectivity index (χ2v) is 6.77. The van der Waals surface area contributed by atoms with Gasteiger partial charge in [-0.3, -0.25) is 9.89 Å². The first kappa shape index (κ1) is 17.4. The van der Waals surface area contributed by atoms with Crippen LogP contribution in [0.1, 0.15) is 29.0 Å². The molecule has 2 N–H and O–H groups in total. The van der Waals surface area contributed by atoms with Crippen LogP contribution in [0, 0.1) is 0 Å². The number of nitrogens with one attached hydrogen (secondary N) is 2. The topological polar surface area (TPSA) is 76.2 Å². The normalized spacial score (nSPS) is 15.8. The Kier molecular flexibility index (Phi) is 4.73. The summed E-state index contributed by atoms with van der Waals surface area (Å²) in [7, 11) is 1.60. The second-order valence-electron chi connectivity index (χ2n) is 6.33. The van der Waals surface area contributed by atoms with Crippen molar-refractivity contribution in [1.82, 2.24) is 10.2 Å². The average Bonchev–Trinajstić information content (AvgIpc) is 3.14. The van der Waals surface area contributed by atoms with E-state index >= 15 is 0 Å². The first-order chi connectivity index (χ1) is 13.1. The lowest BCUT2D eigenvalue weighted by Gasteiger charge is -2.23. The molecule has 1 atom stereocenters. The fraction of sp³-hybridized carbons (Fsp3) is 0.200. The number of hydrogen-bond donors (Lipinski definition) is 2. The molecule has 27 heavy (non-hydrogen) atoms. The quantitative estimate of drug-likeness (QED) is 0.694. The van der Waals surface area contributed by atoms with Gasteiger partial charge in [-0.25, -0.2) is 0 Å². The zero-order chi connectivity index (χ0) is 18.8. The molecule has 0 saturated carbocycles. The summed E-state index contributed by atoms with van der Waals surface area (Å²) < 4.78 is 11.4. The molecule has 1 aromatic heterocycles. The van der Waals surface area contributed by atoms with Crippen LogP contribution in [0.4, 0.5) is 5.82 Å². The standard InChI is InChI=1S/C20H18ClN3O3/c1-26-17-6-5-13(15-9-19(25)23-20-16(15)10-22-24-20)8-18(17)27-11-12-3-2-4-14(21)7-12/h2-8,10,15H,9,11H2,1H3,(H2,22,23,24,25). The monoisotopic (exact) mass is 383 g/mol. The number of nitrogens with zero attached hydrogens (tertiary/aromatic N) is 1. The van der Waals surface area contributed by atoms with Crippen molar-refractivity contribution in [2.75, 3.05) is 12.4 Å². The van der Waals surface area contributed by atoms with Crippen LogP contribution in [0.5, 0.6) is 11.5 Å². The first-order valence-electron chi connectivity index (χ1n) is 8.52. The molecule has 1 aliphatic heterocycles. The Hall–Kier alpha value is -2.99. The minimum Gasteiger partial charge on any atom is -0.493 e. The van der Waals surface area contributed by atoms with Gasteiger partial charge in [0.25, 0.3) is 0 Å². The molecule has 1 unspecified atom stereocenters. The van der Waals surface area contributed by atoms with E-state index in [2.05, 4.69) is 15.5 Å². The number of aromatic amines is 1. The van der Waals surface area contributed by atoms with E-state index in [0.717, 1.165) is 16.7 Å². The molecular formula is C20H18ClN3O3. The maximum atomic E-state index is 12.0. The number of carbonyl (C=O) groups is 1. The fourth-order valence-electron chi connectivity index (χ4n) is 3.25. The zero-order valence-corrected chi connectivity index (χ0v) is 15.4. The third-order valence-corrected chi connectivity index (χ3v) is 4.81. The molecule has 2 aromatic carbocycles. The molecule has 3 aromatic rings. The van der Waals surface area contributed by atoms with Gasteiger partial charge in [0.15, 0.2) is 11.5 Å². The predicted molar refractivity (Wildman–Crippen MR) is 102 cm³/mol. The second kappa shape index (κ2) is 7.32. The maximum absolute atomic E-state index is 12.0. The molecule has 7 heteroatoms. The zero-order valence-electron chi connectivity index (χ0n) is 14.7. The molecule has 1 aliphatic rings. The molecule has 0 aliphatic carbocycles. The fourth-order valence-corrected chi connectivity index (χ4v) is 3.47. The highest BCUT2D eigenvalue weighted by molar-refractivity contribution is 6.30. The highest BCUT2D eigenvalue weighted by atomic mass is 35.5. The molecule has 138 valence electrons. The number of fused-ring (bicyclic) bond motifs is 1. The van der Waals surface area contributed by atoms with Crippen LogP contribution in [-0.2, 0) is 11.4 Å². The summed E-state index contributed by atoms with van der Waals surface area (Å²) in [4.78, 5) is 12.0. The molecule has 1 amide bonds. The molecule has 0 radical (unpaired) electrons. The van der Waals surface area contributed by atoms with Crippen molar-refractivity contribution in [3.05, 3.63) is 70.4 Å². The van der Waals surface area contributed by atoms with Gasteiger partial charge in [-0.2, -0.15) is 5.10 Å². The van der Waals surface area contributed by atoms with E-state index in [-0.39, 0.29) is 11.8 Å². The summed E-state index contributed by atoms with van der Waals surface area (Å²) in [5.74, 6) is 1.76. The van der Waals surface area contributed by atoms with E-state index in [1.807, 2.05) is 42.5 Å². The van der Waals surface area contributed by atoms with Crippen molar-refractivity contribution in [2.24, 2.45) is 0 Å². The lowest BCUT2D eigenvalue weighted by Crippen LogP contribution is -2.23. The molecule has 0 saturated heterocycles. The van der Waals surface area contributed by atoms with Crippen molar-refractivity contribution >= 4 is 23.3 Å². The Balaban J connectivity index is 1.62. The van der Waals surface area contributed by atoms with Crippen LogP contribution in [0.3, 0.4) is 0 Å². The summed E-state index contributed by atoms with van der Waals surface area (Å²) >= 11 is 6.04. The van der Waals surface area contributed by atoms with Gasteiger partial charge < -0.3 is 14.8 Å². The Labute approximate surface area is 161 Å². The number of halogens is 1. The van der Waals surface area contributed by atoms with Gasteiger partial charge in [0.1, 0.15) is 12.4 Å². The molecule has 0 fully saturated rings. The summed E-state index contributed by atoms with van der Waals surface area (Å²) in [5.41, 5.74) is 2.89. The Morgan fingerprint density at radius 2 is 2.11 bits per heavy atom. The van der Waals surface area contributed by atoms with E-state index in [0.29, 0.717) is 35.4 Å². The third kappa shape index (κ3) is 3.61. The number of carbonyl (C=O) groups excluding carboxylic acids is 1. The van der Waals surface area contributed by atoms with E-state index in [1.165, 1.54) is 0 Å². The van der Waals surface area contributed by atoms with E-state index in [9.17, 15) is 4.79 Å². The number of H-pyrrole nitrogens is 1. The van der Waals surface area contributed by atoms with Gasteiger partial charge in [-0.1, -0.05) is 29.8 Å². The smallest absolute Gasteiger partial charge is 0.226 e. The van der Waals surface area contributed by atoms with Gasteiger partial charge in [0, 0.05) is 22.9 Å². The number of rotatable bonds is 5. The minimum absolute atomic E-state index is 0.0473. The van der Waals surface area contributed by atoms with Gasteiger partial charge in [0.2, 0.25) is 5.91 Å². The third-order valence-electron chi connectivity index (χ3n) is 4.57. The minimum atomic E-state index is -0.0908. The molecule has 6 nitrogen and oxygen atoms in total. The van der Waals surface area contributed by atoms with Gasteiger partial charge in [0.05, 0.1) is 13.3 Å². The number of hydrogen-bond acceptors (Lipinski definition) is 4. The molecule has 0 bridgehead atoms. The molecule has 2 heterocycles.